The van der Waals surface area contributed by atoms with Crippen molar-refractivity contribution in [2.45, 2.75) is 0 Å². The first-order valence-corrected chi connectivity index (χ1v) is 1.26. The third-order valence-corrected chi connectivity index (χ3v) is 0.231. The van der Waals surface area contributed by atoms with Crippen LogP contribution in [0, 0.1) is 0 Å². The molecule has 0 radical (unpaired) electrons. The molecule has 0 aromatic heterocycles. The minimum absolute atomic E-state index is 0. The number of hydrogen-bond donors (Lipinski definition) is 2. The first kappa shape index (κ1) is 15.9. The van der Waals surface area contributed by atoms with Crippen LogP contribution >= 0.6 is 0 Å². The maximum absolute atomic E-state index is 9.46. The summed E-state index contributed by atoms with van der Waals surface area (Å²) in [6.45, 7) is -0.781. The highest BCUT2D eigenvalue weighted by molar-refractivity contribution is 5.76. The van der Waals surface area contributed by atoms with E-state index in [0.717, 1.165) is 0 Å². The maximum Gasteiger partial charge on any atom is 0.367 e. The van der Waals surface area contributed by atoms with Gasteiger partial charge in [-0.3, -0.25) is 4.89 Å². The average Bonchev–Trinajstić information content (AvgIpc) is 1.65. The van der Waals surface area contributed by atoms with Gasteiger partial charge in [-0.1, -0.05) is 0 Å². The minimum atomic E-state index is -1.05. The van der Waals surface area contributed by atoms with Gasteiger partial charge in [-0.2, -0.15) is 5.26 Å². The van der Waals surface area contributed by atoms with Crippen LogP contribution in [0.5, 0.6) is 0 Å². The first-order chi connectivity index (χ1) is 2.81. The number of aliphatic hydroxyl groups is 1. The summed E-state index contributed by atoms with van der Waals surface area (Å²) in [5.41, 5.74) is 0. The van der Waals surface area contributed by atoms with Crippen molar-refractivity contribution in [2.75, 3.05) is 6.61 Å². The summed E-state index contributed by atoms with van der Waals surface area (Å²) in [5.74, 6) is -1.05. The Kier molecular flexibility index (Phi) is 21.1. The molecule has 0 aliphatic carbocycles. The van der Waals surface area contributed by atoms with Crippen LogP contribution in [0.4, 0.5) is 0 Å². The zero-order valence-electron chi connectivity index (χ0n) is 2.92. The van der Waals surface area contributed by atoms with Crippen molar-refractivity contribution in [1.82, 2.24) is 0 Å². The summed E-state index contributed by atoms with van der Waals surface area (Å²) in [7, 11) is 0. The molecular formula is C2H9AlMgO4. The van der Waals surface area contributed by atoms with Gasteiger partial charge in [0.1, 0.15) is 6.61 Å². The lowest BCUT2D eigenvalue weighted by molar-refractivity contribution is -0.236. The van der Waals surface area contributed by atoms with E-state index in [-0.39, 0.29) is 40.4 Å². The quantitative estimate of drug-likeness (QED) is 0.235. The van der Waals surface area contributed by atoms with Crippen molar-refractivity contribution < 1.29 is 20.0 Å². The van der Waals surface area contributed by atoms with Crippen molar-refractivity contribution in [2.24, 2.45) is 0 Å². The van der Waals surface area contributed by atoms with E-state index in [9.17, 15) is 4.79 Å². The van der Waals surface area contributed by atoms with Gasteiger partial charge in [0, 0.05) is 0 Å². The number of carbonyl (C=O) groups excluding carboxylic acids is 1. The zero-order valence-corrected chi connectivity index (χ0v) is 2.92. The number of carbonyl (C=O) groups is 1. The van der Waals surface area contributed by atoms with E-state index >= 15 is 0 Å². The van der Waals surface area contributed by atoms with E-state index in [1.807, 2.05) is 0 Å². The molecule has 4 nitrogen and oxygen atoms in total. The van der Waals surface area contributed by atoms with Crippen LogP contribution in [-0.4, -0.2) is 63.4 Å². The second-order valence-electron chi connectivity index (χ2n) is 0.621. The van der Waals surface area contributed by atoms with Gasteiger partial charge in [0.05, 0.1) is 0 Å². The molecule has 0 unspecified atom stereocenters. The molecule has 0 aromatic rings. The fraction of sp³-hybridized carbons (Fsp3) is 0.500. The van der Waals surface area contributed by atoms with Gasteiger partial charge in [-0.05, 0) is 0 Å². The Bertz CT molecular complexity index is 52.0. The summed E-state index contributed by atoms with van der Waals surface area (Å²) >= 11 is 0. The highest BCUT2D eigenvalue weighted by atomic mass is 27.0. The predicted octanol–water partition coefficient (Wildman–Crippen LogP) is -3.11. The molecular weight excluding hydrogens is 139 g/mol. The molecule has 0 saturated heterocycles. The third-order valence-electron chi connectivity index (χ3n) is 0.231. The van der Waals surface area contributed by atoms with Gasteiger partial charge in [-0.25, -0.2) is 4.79 Å². The van der Waals surface area contributed by atoms with E-state index in [4.69, 9.17) is 10.4 Å². The summed E-state index contributed by atoms with van der Waals surface area (Å²) in [6, 6.07) is 0. The summed E-state index contributed by atoms with van der Waals surface area (Å²) < 4.78 is 0. The molecule has 0 fully saturated rings. The van der Waals surface area contributed by atoms with E-state index in [1.165, 1.54) is 0 Å². The van der Waals surface area contributed by atoms with Gasteiger partial charge in [-0.15, -0.1) is 0 Å². The Balaban J connectivity index is -0.000000125. The van der Waals surface area contributed by atoms with E-state index in [1.54, 1.807) is 0 Å². The molecule has 46 valence electrons. The van der Waals surface area contributed by atoms with Crippen LogP contribution < -0.4 is 0 Å². The van der Waals surface area contributed by atoms with Gasteiger partial charge in [0.15, 0.2) is 17.4 Å². The summed E-state index contributed by atoms with van der Waals surface area (Å²) in [4.78, 5) is 12.5. The topological polar surface area (TPSA) is 66.8 Å². The molecule has 0 heterocycles. The van der Waals surface area contributed by atoms with Crippen molar-refractivity contribution in [1.29, 1.82) is 0 Å². The van der Waals surface area contributed by atoms with Crippen LogP contribution in [0.25, 0.3) is 0 Å². The molecule has 0 bridgehead atoms. The predicted molar refractivity (Wildman–Crippen MR) is 34.3 cm³/mol. The molecule has 0 saturated carbocycles. The second kappa shape index (κ2) is 10.6. The average molecular weight is 148 g/mol. The molecule has 0 aliphatic rings. The molecule has 0 rings (SSSR count). The van der Waals surface area contributed by atoms with Crippen LogP contribution in [0.15, 0.2) is 0 Å². The molecule has 2 N–H and O–H groups in total. The number of aliphatic hydroxyl groups excluding tert-OH is 1. The highest BCUT2D eigenvalue weighted by Crippen LogP contribution is 1.63. The molecule has 0 atom stereocenters. The molecule has 0 aliphatic heterocycles. The van der Waals surface area contributed by atoms with Crippen LogP contribution in [0.1, 0.15) is 0 Å². The van der Waals surface area contributed by atoms with Crippen molar-refractivity contribution in [3.8, 4) is 0 Å². The largest absolute Gasteiger partial charge is 0.385 e. The van der Waals surface area contributed by atoms with Gasteiger partial charge < -0.3 is 5.11 Å². The Morgan fingerprint density at radius 1 is 1.62 bits per heavy atom. The zero-order chi connectivity index (χ0) is 4.99. The fourth-order valence-electron chi connectivity index (χ4n) is 0.0289. The molecule has 0 spiro atoms. The number of hydrogen-bond acceptors (Lipinski definition) is 4. The lowest BCUT2D eigenvalue weighted by atomic mass is 10.8. The van der Waals surface area contributed by atoms with Crippen molar-refractivity contribution in [3.05, 3.63) is 0 Å². The normalized spacial score (nSPS) is 5.75. The van der Waals surface area contributed by atoms with Crippen molar-refractivity contribution in [3.63, 3.8) is 0 Å². The number of rotatable bonds is 1. The summed E-state index contributed by atoms with van der Waals surface area (Å²) in [6.07, 6.45) is 0. The van der Waals surface area contributed by atoms with Gasteiger partial charge >= 0.3 is 29.0 Å². The lowest BCUT2D eigenvalue weighted by Gasteiger charge is -1.83. The first-order valence-electron chi connectivity index (χ1n) is 1.26. The Morgan fingerprint density at radius 3 is 2.00 bits per heavy atom. The minimum Gasteiger partial charge on any atom is -0.385 e. The van der Waals surface area contributed by atoms with Crippen LogP contribution in [0.2, 0.25) is 0 Å². The molecule has 6 heteroatoms. The fourth-order valence-corrected chi connectivity index (χ4v) is 0.0289. The molecule has 0 aromatic carbocycles. The molecule has 8 heavy (non-hydrogen) atoms. The Morgan fingerprint density at radius 2 is 2.00 bits per heavy atom. The second-order valence-corrected chi connectivity index (χ2v) is 0.621. The van der Waals surface area contributed by atoms with Gasteiger partial charge in [0.2, 0.25) is 0 Å². The van der Waals surface area contributed by atoms with E-state index in [0.29, 0.717) is 0 Å². The van der Waals surface area contributed by atoms with Crippen LogP contribution in [0.3, 0.4) is 0 Å². The van der Waals surface area contributed by atoms with E-state index < -0.39 is 12.6 Å². The summed E-state index contributed by atoms with van der Waals surface area (Å²) in [5, 5.41) is 15.0. The third kappa shape index (κ3) is 9.85. The maximum atomic E-state index is 9.46. The lowest BCUT2D eigenvalue weighted by Crippen LogP contribution is -2.04. The smallest absolute Gasteiger partial charge is 0.367 e. The van der Waals surface area contributed by atoms with Gasteiger partial charge in [0.25, 0.3) is 0 Å². The standard InChI is InChI=1S/C2H4O4.Al.Mg.5H/c3-1-2(4)6-5;;;;;;;/h3,5H,1H2;;;;;;;. The SMILES string of the molecule is O=C(CO)OO.[AlH3].[MgH2]. The molecule has 0 amide bonds. The highest BCUT2D eigenvalue weighted by Gasteiger charge is 1.92. The van der Waals surface area contributed by atoms with E-state index in [2.05, 4.69) is 4.89 Å². The van der Waals surface area contributed by atoms with Crippen LogP contribution in [-0.2, 0) is 9.68 Å². The van der Waals surface area contributed by atoms with Crippen molar-refractivity contribution >= 4 is 46.4 Å². The monoisotopic (exact) mass is 148 g/mol. The Hall–Kier alpha value is 0.689. The Labute approximate surface area is 73.0 Å².